The molecule has 1 rings (SSSR count). The molecule has 0 spiro atoms. The fourth-order valence-electron chi connectivity index (χ4n) is 1.23. The van der Waals surface area contributed by atoms with Gasteiger partial charge in [0.15, 0.2) is 0 Å². The number of hydrogen-bond acceptors (Lipinski definition) is 3. The van der Waals surface area contributed by atoms with Crippen LogP contribution in [0.1, 0.15) is 25.1 Å². The summed E-state index contributed by atoms with van der Waals surface area (Å²) in [4.78, 5) is 4.31. The van der Waals surface area contributed by atoms with Crippen LogP contribution in [0.2, 0.25) is 0 Å². The van der Waals surface area contributed by atoms with Gasteiger partial charge >= 0.3 is 0 Å². The molecule has 0 bridgehead atoms. The minimum absolute atomic E-state index is 0.218. The smallest absolute Gasteiger partial charge is 0.0541 e. The Hall–Kier alpha value is -0.930. The number of hydrogen-bond donors (Lipinski definition) is 2. The number of nitrogens with zero attached hydrogens (tertiary/aromatic N) is 1. The van der Waals surface area contributed by atoms with Gasteiger partial charge in [0, 0.05) is 25.4 Å². The van der Waals surface area contributed by atoms with Crippen molar-refractivity contribution >= 4 is 0 Å². The van der Waals surface area contributed by atoms with Gasteiger partial charge in [-0.05, 0) is 31.4 Å². The first-order valence-electron chi connectivity index (χ1n) is 5.39. The molecule has 0 aliphatic rings. The predicted molar refractivity (Wildman–Crippen MR) is 61.5 cm³/mol. The predicted octanol–water partition coefficient (Wildman–Crippen LogP) is 1.50. The second-order valence-electron chi connectivity index (χ2n) is 4.16. The molecule has 2 N–H and O–H groups in total. The molecule has 3 nitrogen and oxygen atoms in total. The molecule has 0 radical (unpaired) electrons. The van der Waals surface area contributed by atoms with Crippen molar-refractivity contribution in [1.82, 2.24) is 10.3 Å². The molecule has 3 heteroatoms. The molecule has 0 aliphatic heterocycles. The van der Waals surface area contributed by atoms with E-state index in [2.05, 4.69) is 23.3 Å². The normalized spacial score (nSPS) is 14.9. The van der Waals surface area contributed by atoms with Crippen molar-refractivity contribution in [3.63, 3.8) is 0 Å². The van der Waals surface area contributed by atoms with E-state index in [9.17, 15) is 0 Å². The van der Waals surface area contributed by atoms with Crippen LogP contribution >= 0.6 is 0 Å². The third-order valence-electron chi connectivity index (χ3n) is 2.72. The van der Waals surface area contributed by atoms with E-state index in [4.69, 9.17) is 5.11 Å². The van der Waals surface area contributed by atoms with Crippen molar-refractivity contribution in [3.8, 4) is 0 Å². The summed E-state index contributed by atoms with van der Waals surface area (Å²) in [6.45, 7) is 7.11. The third-order valence-corrected chi connectivity index (χ3v) is 2.72. The highest BCUT2D eigenvalue weighted by atomic mass is 16.3. The summed E-state index contributed by atoms with van der Waals surface area (Å²) >= 11 is 0. The first kappa shape index (κ1) is 12.1. The lowest BCUT2D eigenvalue weighted by Crippen LogP contribution is -2.33. The number of pyridine rings is 1. The molecule has 1 heterocycles. The molecule has 84 valence electrons. The zero-order valence-corrected chi connectivity index (χ0v) is 9.70. The van der Waals surface area contributed by atoms with Crippen LogP contribution in [-0.4, -0.2) is 22.7 Å². The second-order valence-corrected chi connectivity index (χ2v) is 4.16. The minimum Gasteiger partial charge on any atom is -0.396 e. The maximum absolute atomic E-state index is 8.98. The lowest BCUT2D eigenvalue weighted by Gasteiger charge is -2.18. The fraction of sp³-hybridized carbons (Fsp3) is 0.583. The summed E-state index contributed by atoms with van der Waals surface area (Å²) in [7, 11) is 0. The van der Waals surface area contributed by atoms with Gasteiger partial charge in [-0.2, -0.15) is 0 Å². The first-order valence-corrected chi connectivity index (χ1v) is 5.39. The average Bonchev–Trinajstić information content (AvgIpc) is 2.26. The highest BCUT2D eigenvalue weighted by molar-refractivity contribution is 5.11. The minimum atomic E-state index is 0.218. The third kappa shape index (κ3) is 3.98. The van der Waals surface area contributed by atoms with E-state index >= 15 is 0 Å². The lowest BCUT2D eigenvalue weighted by atomic mass is 10.1. The molecule has 0 saturated carbocycles. The summed E-state index contributed by atoms with van der Waals surface area (Å²) in [6, 6.07) is 4.39. The van der Waals surface area contributed by atoms with E-state index in [0.717, 1.165) is 12.2 Å². The molecule has 15 heavy (non-hydrogen) atoms. The molecule has 1 aromatic rings. The highest BCUT2D eigenvalue weighted by Gasteiger charge is 2.09. The van der Waals surface area contributed by atoms with Crippen LogP contribution in [-0.2, 0) is 6.54 Å². The highest BCUT2D eigenvalue weighted by Crippen LogP contribution is 2.03. The van der Waals surface area contributed by atoms with Crippen LogP contribution in [0.5, 0.6) is 0 Å². The summed E-state index contributed by atoms with van der Waals surface area (Å²) in [6.07, 6.45) is 1.87. The van der Waals surface area contributed by atoms with Gasteiger partial charge in [0.25, 0.3) is 0 Å². The number of aromatic nitrogens is 1. The van der Waals surface area contributed by atoms with Crippen molar-refractivity contribution in [2.24, 2.45) is 5.92 Å². The summed E-state index contributed by atoms with van der Waals surface area (Å²) in [5.74, 6) is 0.274. The van der Waals surface area contributed by atoms with Crippen molar-refractivity contribution in [2.45, 2.75) is 33.4 Å². The number of aliphatic hydroxyl groups is 1. The standard InChI is InChI=1S/C12H20N2O/c1-9-4-5-12(14-6-9)7-13-11(3)10(2)8-15/h4-6,10-11,13,15H,7-8H2,1-3H3. The van der Waals surface area contributed by atoms with Crippen molar-refractivity contribution in [3.05, 3.63) is 29.6 Å². The molecular formula is C12H20N2O. The Morgan fingerprint density at radius 2 is 2.13 bits per heavy atom. The fourth-order valence-corrected chi connectivity index (χ4v) is 1.23. The SMILES string of the molecule is Cc1ccc(CNC(C)C(C)CO)nc1. The molecule has 2 unspecified atom stereocenters. The quantitative estimate of drug-likeness (QED) is 0.770. The van der Waals surface area contributed by atoms with Gasteiger partial charge in [-0.15, -0.1) is 0 Å². The summed E-state index contributed by atoms with van der Waals surface area (Å²) in [5.41, 5.74) is 2.22. The van der Waals surface area contributed by atoms with Crippen molar-refractivity contribution < 1.29 is 5.11 Å². The largest absolute Gasteiger partial charge is 0.396 e. The molecule has 0 amide bonds. The summed E-state index contributed by atoms with van der Waals surface area (Å²) in [5, 5.41) is 12.3. The van der Waals surface area contributed by atoms with Crippen LogP contribution in [0.4, 0.5) is 0 Å². The maximum atomic E-state index is 8.98. The van der Waals surface area contributed by atoms with E-state index in [0.29, 0.717) is 6.04 Å². The van der Waals surface area contributed by atoms with Crippen LogP contribution in [0.15, 0.2) is 18.3 Å². The first-order chi connectivity index (χ1) is 7.13. The lowest BCUT2D eigenvalue weighted by molar-refractivity contribution is 0.207. The van der Waals surface area contributed by atoms with Crippen LogP contribution in [0.25, 0.3) is 0 Å². The number of aliphatic hydroxyl groups excluding tert-OH is 1. The van der Waals surface area contributed by atoms with Gasteiger partial charge in [0.1, 0.15) is 0 Å². The number of rotatable bonds is 5. The monoisotopic (exact) mass is 208 g/mol. The molecule has 1 aromatic heterocycles. The molecule has 0 fully saturated rings. The van der Waals surface area contributed by atoms with Crippen LogP contribution in [0.3, 0.4) is 0 Å². The van der Waals surface area contributed by atoms with E-state index in [1.165, 1.54) is 5.56 Å². The summed E-state index contributed by atoms with van der Waals surface area (Å²) < 4.78 is 0. The van der Waals surface area contributed by atoms with Gasteiger partial charge in [0.05, 0.1) is 5.69 Å². The molecule has 2 atom stereocenters. The van der Waals surface area contributed by atoms with Crippen molar-refractivity contribution in [2.75, 3.05) is 6.61 Å². The average molecular weight is 208 g/mol. The molecular weight excluding hydrogens is 188 g/mol. The van der Waals surface area contributed by atoms with E-state index in [1.807, 2.05) is 26.1 Å². The number of aryl methyl sites for hydroxylation is 1. The Labute approximate surface area is 91.5 Å². The Morgan fingerprint density at radius 3 is 2.67 bits per heavy atom. The van der Waals surface area contributed by atoms with E-state index in [1.54, 1.807) is 0 Å². The van der Waals surface area contributed by atoms with Gasteiger partial charge in [-0.1, -0.05) is 13.0 Å². The van der Waals surface area contributed by atoms with Gasteiger partial charge < -0.3 is 10.4 Å². The van der Waals surface area contributed by atoms with Gasteiger partial charge in [-0.3, -0.25) is 4.98 Å². The Bertz CT molecular complexity index is 284. The molecule has 0 aromatic carbocycles. The van der Waals surface area contributed by atoms with Crippen LogP contribution in [0, 0.1) is 12.8 Å². The van der Waals surface area contributed by atoms with E-state index in [-0.39, 0.29) is 12.5 Å². The zero-order chi connectivity index (χ0) is 11.3. The number of nitrogens with one attached hydrogen (secondary N) is 1. The van der Waals surface area contributed by atoms with Gasteiger partial charge in [-0.25, -0.2) is 0 Å². The van der Waals surface area contributed by atoms with Gasteiger partial charge in [0.2, 0.25) is 0 Å². The zero-order valence-electron chi connectivity index (χ0n) is 9.70. The topological polar surface area (TPSA) is 45.1 Å². The Morgan fingerprint density at radius 1 is 1.40 bits per heavy atom. The second kappa shape index (κ2) is 5.83. The Kier molecular flexibility index (Phi) is 4.72. The maximum Gasteiger partial charge on any atom is 0.0541 e. The van der Waals surface area contributed by atoms with Crippen molar-refractivity contribution in [1.29, 1.82) is 0 Å². The van der Waals surface area contributed by atoms with Crippen LogP contribution < -0.4 is 5.32 Å². The van der Waals surface area contributed by atoms with E-state index < -0.39 is 0 Å². The molecule has 0 saturated heterocycles. The Balaban J connectivity index is 2.40. The molecule has 0 aliphatic carbocycles.